The van der Waals surface area contributed by atoms with E-state index in [4.69, 9.17) is 9.84 Å². The molecule has 0 saturated carbocycles. The molecule has 0 aliphatic heterocycles. The first-order chi connectivity index (χ1) is 9.60. The summed E-state index contributed by atoms with van der Waals surface area (Å²) < 4.78 is 5.27. The lowest BCUT2D eigenvalue weighted by atomic mass is 10.1. The first-order valence-electron chi connectivity index (χ1n) is 8.01. The summed E-state index contributed by atoms with van der Waals surface area (Å²) >= 11 is 0. The van der Waals surface area contributed by atoms with Gasteiger partial charge in [0.1, 0.15) is 6.10 Å². The Kier molecular flexibility index (Phi) is 12.3. The first kappa shape index (κ1) is 18.9. The summed E-state index contributed by atoms with van der Waals surface area (Å²) in [6.07, 6.45) is 9.17. The highest BCUT2D eigenvalue weighted by molar-refractivity contribution is 5.71. The van der Waals surface area contributed by atoms with E-state index in [1.54, 1.807) is 0 Å². The third-order valence-electron chi connectivity index (χ3n) is 3.31. The van der Waals surface area contributed by atoms with Crippen molar-refractivity contribution in [3.63, 3.8) is 0 Å². The van der Waals surface area contributed by atoms with Crippen LogP contribution in [0.2, 0.25) is 0 Å². The van der Waals surface area contributed by atoms with E-state index in [1.807, 2.05) is 6.92 Å². The topological polar surface area (TPSA) is 63.6 Å². The SMILES string of the molecule is CCCCCCCCC(CC(=O)O)OC(=O)CCCC. The highest BCUT2D eigenvalue weighted by Gasteiger charge is 2.17. The molecule has 0 aliphatic rings. The Hall–Kier alpha value is -1.06. The van der Waals surface area contributed by atoms with Gasteiger partial charge in [-0.25, -0.2) is 0 Å². The molecular weight excluding hydrogens is 256 g/mol. The molecule has 4 nitrogen and oxygen atoms in total. The Balaban J connectivity index is 3.89. The Labute approximate surface area is 122 Å². The van der Waals surface area contributed by atoms with Crippen molar-refractivity contribution < 1.29 is 19.4 Å². The number of carboxylic acid groups (broad SMARTS) is 1. The van der Waals surface area contributed by atoms with Crippen LogP contribution in [0.3, 0.4) is 0 Å². The van der Waals surface area contributed by atoms with Crippen molar-refractivity contribution in [1.29, 1.82) is 0 Å². The zero-order chi connectivity index (χ0) is 15.2. The summed E-state index contributed by atoms with van der Waals surface area (Å²) in [5.41, 5.74) is 0. The Morgan fingerprint density at radius 1 is 0.950 bits per heavy atom. The highest BCUT2D eigenvalue weighted by Crippen LogP contribution is 2.14. The van der Waals surface area contributed by atoms with Gasteiger partial charge in [0.25, 0.3) is 0 Å². The number of unbranched alkanes of at least 4 members (excludes halogenated alkanes) is 6. The van der Waals surface area contributed by atoms with Gasteiger partial charge in [0.05, 0.1) is 6.42 Å². The lowest BCUT2D eigenvalue weighted by Gasteiger charge is -2.16. The van der Waals surface area contributed by atoms with Gasteiger partial charge in [-0.2, -0.15) is 0 Å². The van der Waals surface area contributed by atoms with Crippen LogP contribution in [0.25, 0.3) is 0 Å². The van der Waals surface area contributed by atoms with Crippen molar-refractivity contribution >= 4 is 11.9 Å². The highest BCUT2D eigenvalue weighted by atomic mass is 16.5. The zero-order valence-electron chi connectivity index (χ0n) is 13.0. The summed E-state index contributed by atoms with van der Waals surface area (Å²) in [4.78, 5) is 22.3. The monoisotopic (exact) mass is 286 g/mol. The zero-order valence-corrected chi connectivity index (χ0v) is 13.0. The Morgan fingerprint density at radius 3 is 2.15 bits per heavy atom. The fraction of sp³-hybridized carbons (Fsp3) is 0.875. The molecule has 0 radical (unpaired) electrons. The van der Waals surface area contributed by atoms with Gasteiger partial charge in [-0.15, -0.1) is 0 Å². The minimum atomic E-state index is -0.899. The number of aliphatic carboxylic acids is 1. The summed E-state index contributed by atoms with van der Waals surface area (Å²) in [6.45, 7) is 4.19. The normalized spacial score (nSPS) is 12.1. The molecule has 1 atom stereocenters. The van der Waals surface area contributed by atoms with E-state index < -0.39 is 12.1 Å². The van der Waals surface area contributed by atoms with E-state index in [2.05, 4.69) is 6.92 Å². The van der Waals surface area contributed by atoms with Gasteiger partial charge >= 0.3 is 11.9 Å². The standard InChI is InChI=1S/C16H30O4/c1-3-5-7-8-9-10-11-14(13-15(17)18)20-16(19)12-6-4-2/h14H,3-13H2,1-2H3,(H,17,18). The quantitative estimate of drug-likeness (QED) is 0.404. The number of hydrogen-bond donors (Lipinski definition) is 1. The van der Waals surface area contributed by atoms with Crippen LogP contribution in [0.5, 0.6) is 0 Å². The maximum absolute atomic E-state index is 11.6. The molecular formula is C16H30O4. The van der Waals surface area contributed by atoms with E-state index in [9.17, 15) is 9.59 Å². The van der Waals surface area contributed by atoms with Crippen LogP contribution in [0.15, 0.2) is 0 Å². The predicted molar refractivity (Wildman–Crippen MR) is 79.7 cm³/mol. The number of ether oxygens (including phenoxy) is 1. The molecule has 0 aromatic heterocycles. The number of hydrogen-bond acceptors (Lipinski definition) is 3. The van der Waals surface area contributed by atoms with Crippen molar-refractivity contribution in [3.05, 3.63) is 0 Å². The van der Waals surface area contributed by atoms with Crippen LogP contribution in [0, 0.1) is 0 Å². The van der Waals surface area contributed by atoms with E-state index in [0.717, 1.165) is 25.7 Å². The van der Waals surface area contributed by atoms with Crippen LogP contribution < -0.4 is 0 Å². The molecule has 4 heteroatoms. The molecule has 0 aliphatic carbocycles. The molecule has 1 unspecified atom stereocenters. The second-order valence-electron chi connectivity index (χ2n) is 5.37. The average molecular weight is 286 g/mol. The van der Waals surface area contributed by atoms with Gasteiger partial charge in [0, 0.05) is 6.42 Å². The number of carbonyl (C=O) groups excluding carboxylic acids is 1. The van der Waals surface area contributed by atoms with Crippen LogP contribution in [0.1, 0.15) is 84.5 Å². The molecule has 1 N–H and O–H groups in total. The fourth-order valence-electron chi connectivity index (χ4n) is 2.12. The summed E-state index contributed by atoms with van der Waals surface area (Å²) in [5.74, 6) is -1.16. The summed E-state index contributed by atoms with van der Waals surface area (Å²) in [7, 11) is 0. The van der Waals surface area contributed by atoms with Crippen molar-refractivity contribution in [2.45, 2.75) is 90.6 Å². The lowest BCUT2D eigenvalue weighted by Crippen LogP contribution is -2.21. The molecule has 0 rings (SSSR count). The van der Waals surface area contributed by atoms with Crippen LogP contribution >= 0.6 is 0 Å². The van der Waals surface area contributed by atoms with Gasteiger partial charge in [-0.05, 0) is 19.3 Å². The Morgan fingerprint density at radius 2 is 1.55 bits per heavy atom. The average Bonchev–Trinajstić information content (AvgIpc) is 2.39. The van der Waals surface area contributed by atoms with E-state index in [-0.39, 0.29) is 12.4 Å². The molecule has 0 heterocycles. The Bertz CT molecular complexity index is 263. The van der Waals surface area contributed by atoms with Gasteiger partial charge < -0.3 is 9.84 Å². The lowest BCUT2D eigenvalue weighted by molar-refractivity contribution is -0.153. The van der Waals surface area contributed by atoms with Crippen LogP contribution in [-0.4, -0.2) is 23.1 Å². The number of esters is 1. The minimum absolute atomic E-state index is 0.0766. The molecule has 0 bridgehead atoms. The van der Waals surface area contributed by atoms with Crippen molar-refractivity contribution in [3.8, 4) is 0 Å². The largest absolute Gasteiger partial charge is 0.481 e. The molecule has 118 valence electrons. The molecule has 0 saturated heterocycles. The number of carboxylic acids is 1. The first-order valence-corrected chi connectivity index (χ1v) is 8.01. The number of carbonyl (C=O) groups is 2. The maximum Gasteiger partial charge on any atom is 0.307 e. The smallest absolute Gasteiger partial charge is 0.307 e. The van der Waals surface area contributed by atoms with Crippen LogP contribution in [-0.2, 0) is 14.3 Å². The third kappa shape index (κ3) is 12.0. The molecule has 0 aromatic carbocycles. The molecule has 0 fully saturated rings. The van der Waals surface area contributed by atoms with Gasteiger partial charge in [0.15, 0.2) is 0 Å². The van der Waals surface area contributed by atoms with E-state index in [0.29, 0.717) is 12.8 Å². The van der Waals surface area contributed by atoms with Crippen molar-refractivity contribution in [1.82, 2.24) is 0 Å². The van der Waals surface area contributed by atoms with Gasteiger partial charge in [0.2, 0.25) is 0 Å². The maximum atomic E-state index is 11.6. The van der Waals surface area contributed by atoms with Gasteiger partial charge in [-0.3, -0.25) is 9.59 Å². The fourth-order valence-corrected chi connectivity index (χ4v) is 2.12. The summed E-state index contributed by atoms with van der Waals surface area (Å²) in [6, 6.07) is 0. The van der Waals surface area contributed by atoms with Crippen molar-refractivity contribution in [2.24, 2.45) is 0 Å². The van der Waals surface area contributed by atoms with E-state index in [1.165, 1.54) is 25.7 Å². The third-order valence-corrected chi connectivity index (χ3v) is 3.31. The minimum Gasteiger partial charge on any atom is -0.481 e. The second-order valence-corrected chi connectivity index (χ2v) is 5.37. The number of rotatable bonds is 13. The molecule has 0 spiro atoms. The second kappa shape index (κ2) is 12.9. The van der Waals surface area contributed by atoms with Crippen LogP contribution in [0.4, 0.5) is 0 Å². The van der Waals surface area contributed by atoms with E-state index >= 15 is 0 Å². The summed E-state index contributed by atoms with van der Waals surface area (Å²) in [5, 5.41) is 8.85. The predicted octanol–water partition coefficient (Wildman–Crippen LogP) is 4.31. The van der Waals surface area contributed by atoms with Crippen molar-refractivity contribution in [2.75, 3.05) is 0 Å². The van der Waals surface area contributed by atoms with Gasteiger partial charge in [-0.1, -0.05) is 52.4 Å². The molecule has 0 amide bonds. The molecule has 0 aromatic rings. The molecule has 20 heavy (non-hydrogen) atoms.